The van der Waals surface area contributed by atoms with Crippen LogP contribution in [0.15, 0.2) is 106 Å². The van der Waals surface area contributed by atoms with Crippen molar-refractivity contribution in [1.82, 2.24) is 0 Å². The van der Waals surface area contributed by atoms with Gasteiger partial charge in [-0.1, -0.05) is 84.2 Å². The molecule has 0 radical (unpaired) electrons. The highest BCUT2D eigenvalue weighted by Crippen LogP contribution is 2.45. The Hall–Kier alpha value is -2.30. The Labute approximate surface area is 182 Å². The molecule has 2 nitrogen and oxygen atoms in total. The van der Waals surface area contributed by atoms with Gasteiger partial charge in [-0.2, -0.15) is 0 Å². The lowest BCUT2D eigenvalue weighted by Crippen LogP contribution is -2.27. The number of allylic oxidation sites excluding steroid dienone is 6. The first-order valence-electron chi connectivity index (χ1n) is 10.1. The van der Waals surface area contributed by atoms with Gasteiger partial charge in [-0.15, -0.1) is 0 Å². The van der Waals surface area contributed by atoms with Crippen LogP contribution < -0.4 is 9.80 Å². The average Bonchev–Trinajstić information content (AvgIpc) is 3.29. The van der Waals surface area contributed by atoms with Gasteiger partial charge in [-0.3, -0.25) is 0 Å². The van der Waals surface area contributed by atoms with E-state index in [2.05, 4.69) is 115 Å². The maximum Gasteiger partial charge on any atom is 0.0985 e. The van der Waals surface area contributed by atoms with E-state index in [-0.39, 0.29) is 0 Å². The van der Waals surface area contributed by atoms with Gasteiger partial charge in [0.25, 0.3) is 0 Å². The van der Waals surface area contributed by atoms with Gasteiger partial charge >= 0.3 is 0 Å². The molecule has 2 aromatic carbocycles. The fraction of sp³-hybridized carbons (Fsp3) is 0.200. The molecule has 1 atom stereocenters. The minimum absolute atomic E-state index is 0.375. The van der Waals surface area contributed by atoms with E-state index >= 15 is 0 Å². The van der Waals surface area contributed by atoms with Crippen LogP contribution in [0, 0.1) is 0 Å². The van der Waals surface area contributed by atoms with Gasteiger partial charge in [-0.05, 0) is 44.2 Å². The van der Waals surface area contributed by atoms with Gasteiger partial charge in [-0.25, -0.2) is 0 Å². The van der Waals surface area contributed by atoms with Crippen molar-refractivity contribution in [3.63, 3.8) is 0 Å². The first-order valence-corrected chi connectivity index (χ1v) is 11.8. The molecule has 29 heavy (non-hydrogen) atoms. The van der Waals surface area contributed by atoms with E-state index < -0.39 is 0 Å². The Morgan fingerprint density at radius 2 is 1.48 bits per heavy atom. The zero-order chi connectivity index (χ0) is 20.1. The molecule has 0 aliphatic carbocycles. The van der Waals surface area contributed by atoms with Crippen LogP contribution >= 0.6 is 23.5 Å². The number of para-hydroxylation sites is 2. The van der Waals surface area contributed by atoms with Crippen LogP contribution in [0.1, 0.15) is 13.8 Å². The molecule has 0 aromatic heterocycles. The molecule has 2 aliphatic heterocycles. The van der Waals surface area contributed by atoms with Crippen molar-refractivity contribution in [3.8, 4) is 0 Å². The number of anilines is 2. The van der Waals surface area contributed by atoms with E-state index in [0.717, 1.165) is 13.1 Å². The Morgan fingerprint density at radius 1 is 0.793 bits per heavy atom. The molecular weight excluding hydrogens is 392 g/mol. The van der Waals surface area contributed by atoms with Crippen molar-refractivity contribution in [2.45, 2.75) is 29.0 Å². The third kappa shape index (κ3) is 4.34. The van der Waals surface area contributed by atoms with Crippen LogP contribution in [-0.2, 0) is 0 Å². The Morgan fingerprint density at radius 3 is 2.28 bits per heavy atom. The van der Waals surface area contributed by atoms with E-state index in [1.807, 2.05) is 23.5 Å². The molecule has 1 unspecified atom stereocenters. The van der Waals surface area contributed by atoms with Gasteiger partial charge in [0.15, 0.2) is 0 Å². The number of thioether (sulfide) groups is 2. The normalized spacial score (nSPS) is 19.9. The predicted molar refractivity (Wildman–Crippen MR) is 130 cm³/mol. The third-order valence-corrected chi connectivity index (χ3v) is 7.37. The molecule has 2 aliphatic rings. The number of likely N-dealkylation sites (N-methyl/N-ethyl adjacent to an activating group) is 1. The summed E-state index contributed by atoms with van der Waals surface area (Å²) in [4.78, 5) is 7.51. The lowest BCUT2D eigenvalue weighted by molar-refractivity contribution is 0.878. The predicted octanol–water partition coefficient (Wildman–Crippen LogP) is 7.09. The second-order valence-electron chi connectivity index (χ2n) is 6.74. The van der Waals surface area contributed by atoms with E-state index in [0.29, 0.717) is 5.37 Å². The third-order valence-electron chi connectivity index (χ3n) is 4.98. The number of hydrogen-bond donors (Lipinski definition) is 0. The topological polar surface area (TPSA) is 6.48 Å². The standard InChI is InChI=1S/C25H26N2S2/c1-3-26-20-14-10-12-16-22(20)28-24(26)18-8-6-5-7-9-19-25-27(4-2)21-15-11-13-17-23(21)29-25/h5-19,24H,3-4H2,1-2H3/b6-5+,9-7+,18-8+,25-19-. The molecule has 0 spiro atoms. The zero-order valence-electron chi connectivity index (χ0n) is 16.9. The molecule has 0 fully saturated rings. The zero-order valence-corrected chi connectivity index (χ0v) is 18.5. The van der Waals surface area contributed by atoms with Gasteiger partial charge < -0.3 is 9.80 Å². The number of fused-ring (bicyclic) bond motifs is 2. The van der Waals surface area contributed by atoms with E-state index in [9.17, 15) is 0 Å². The van der Waals surface area contributed by atoms with Gasteiger partial charge in [0.2, 0.25) is 0 Å². The van der Waals surface area contributed by atoms with Crippen LogP contribution in [-0.4, -0.2) is 18.5 Å². The Kier molecular flexibility index (Phi) is 6.53. The van der Waals surface area contributed by atoms with Crippen LogP contribution in [0.2, 0.25) is 0 Å². The van der Waals surface area contributed by atoms with Gasteiger partial charge in [0.1, 0.15) is 0 Å². The summed E-state index contributed by atoms with van der Waals surface area (Å²) in [5.74, 6) is 0. The van der Waals surface area contributed by atoms with Crippen molar-refractivity contribution in [1.29, 1.82) is 0 Å². The Bertz CT molecular complexity index is 974. The second-order valence-corrected chi connectivity index (χ2v) is 8.96. The summed E-state index contributed by atoms with van der Waals surface area (Å²) < 4.78 is 0. The molecular formula is C25H26N2S2. The molecule has 0 saturated carbocycles. The lowest BCUT2D eigenvalue weighted by atomic mass is 10.3. The van der Waals surface area contributed by atoms with Crippen molar-refractivity contribution in [2.75, 3.05) is 22.9 Å². The minimum atomic E-state index is 0.375. The van der Waals surface area contributed by atoms with Crippen molar-refractivity contribution in [2.24, 2.45) is 0 Å². The van der Waals surface area contributed by atoms with Crippen molar-refractivity contribution < 1.29 is 0 Å². The first-order chi connectivity index (χ1) is 14.3. The highest BCUT2D eigenvalue weighted by molar-refractivity contribution is 8.03. The number of benzene rings is 2. The lowest BCUT2D eigenvalue weighted by Gasteiger charge is -2.22. The van der Waals surface area contributed by atoms with E-state index in [1.165, 1.54) is 26.2 Å². The summed E-state index contributed by atoms with van der Waals surface area (Å²) >= 11 is 3.76. The molecule has 2 heterocycles. The molecule has 0 saturated heterocycles. The van der Waals surface area contributed by atoms with Crippen molar-refractivity contribution >= 4 is 34.9 Å². The quantitative estimate of drug-likeness (QED) is 0.462. The molecule has 0 amide bonds. The molecule has 148 valence electrons. The summed E-state index contributed by atoms with van der Waals surface area (Å²) in [5, 5.41) is 1.66. The maximum absolute atomic E-state index is 2.44. The fourth-order valence-corrected chi connectivity index (χ4v) is 6.03. The average molecular weight is 419 g/mol. The van der Waals surface area contributed by atoms with Crippen LogP contribution in [0.3, 0.4) is 0 Å². The fourth-order valence-electron chi connectivity index (χ4n) is 3.61. The minimum Gasteiger partial charge on any atom is -0.355 e. The number of rotatable bonds is 6. The highest BCUT2D eigenvalue weighted by atomic mass is 32.2. The molecule has 0 bridgehead atoms. The SMILES string of the molecule is CCN1/C(=C/C=C/C=C/C=C/C2Sc3ccccc3N2CC)Sc2ccccc21. The second kappa shape index (κ2) is 9.47. The summed E-state index contributed by atoms with van der Waals surface area (Å²) in [5.41, 5.74) is 2.66. The van der Waals surface area contributed by atoms with Crippen LogP contribution in [0.5, 0.6) is 0 Å². The first kappa shape index (κ1) is 20.0. The monoisotopic (exact) mass is 418 g/mol. The van der Waals surface area contributed by atoms with E-state index in [1.54, 1.807) is 0 Å². The van der Waals surface area contributed by atoms with E-state index in [4.69, 9.17) is 0 Å². The molecule has 2 aromatic rings. The van der Waals surface area contributed by atoms with Gasteiger partial charge in [0, 0.05) is 22.9 Å². The van der Waals surface area contributed by atoms with Gasteiger partial charge in [0.05, 0.1) is 21.8 Å². The summed E-state index contributed by atoms with van der Waals surface area (Å²) in [6.07, 6.45) is 15.1. The largest absolute Gasteiger partial charge is 0.355 e. The smallest absolute Gasteiger partial charge is 0.0985 e. The highest BCUT2D eigenvalue weighted by Gasteiger charge is 2.26. The van der Waals surface area contributed by atoms with Crippen LogP contribution in [0.25, 0.3) is 0 Å². The Balaban J connectivity index is 1.34. The number of hydrogen-bond acceptors (Lipinski definition) is 4. The molecule has 0 N–H and O–H groups in total. The summed E-state index contributed by atoms with van der Waals surface area (Å²) in [7, 11) is 0. The number of nitrogens with zero attached hydrogens (tertiary/aromatic N) is 2. The molecule has 4 heteroatoms. The summed E-state index contributed by atoms with van der Waals surface area (Å²) in [6.45, 7) is 6.42. The molecule has 4 rings (SSSR count). The maximum atomic E-state index is 2.44. The summed E-state index contributed by atoms with van der Waals surface area (Å²) in [6, 6.07) is 17.3. The van der Waals surface area contributed by atoms with Crippen LogP contribution in [0.4, 0.5) is 11.4 Å². The van der Waals surface area contributed by atoms with Crippen molar-refractivity contribution in [3.05, 3.63) is 96.1 Å².